The summed E-state index contributed by atoms with van der Waals surface area (Å²) in [5, 5.41) is 0.666. The number of nitrogens with zero attached hydrogens (tertiary/aromatic N) is 3. The molecule has 2 aliphatic rings. The fourth-order valence-corrected chi connectivity index (χ4v) is 6.37. The van der Waals surface area contributed by atoms with E-state index in [0.717, 1.165) is 22.5 Å². The van der Waals surface area contributed by atoms with E-state index < -0.39 is 0 Å². The molecule has 2 aromatic heterocycles. The zero-order chi connectivity index (χ0) is 23.0. The van der Waals surface area contributed by atoms with Crippen molar-refractivity contribution in [3.05, 3.63) is 29.1 Å². The highest BCUT2D eigenvalue weighted by atomic mass is 15.1. The van der Waals surface area contributed by atoms with Gasteiger partial charge in [0.1, 0.15) is 42.9 Å². The van der Waals surface area contributed by atoms with Crippen LogP contribution in [0.2, 0.25) is 0 Å². The molecule has 7 heteroatoms. The van der Waals surface area contributed by atoms with Gasteiger partial charge < -0.3 is 0 Å². The van der Waals surface area contributed by atoms with E-state index >= 15 is 0 Å². The third-order valence-electron chi connectivity index (χ3n) is 8.06. The van der Waals surface area contributed by atoms with Crippen LogP contribution in [0.5, 0.6) is 0 Å². The topological polar surface area (TPSA) is 30.2 Å². The van der Waals surface area contributed by atoms with Crippen LogP contribution in [0.1, 0.15) is 70.8 Å². The third kappa shape index (κ3) is 2.33. The van der Waals surface area contributed by atoms with Gasteiger partial charge in [0.25, 0.3) is 0 Å². The number of rotatable bonds is 0. The van der Waals surface area contributed by atoms with Crippen LogP contribution in [0.15, 0.2) is 12.1 Å². The molecule has 0 amide bonds. The van der Waals surface area contributed by atoms with Gasteiger partial charge in [-0.1, -0.05) is 45.5 Å². The number of hydrogen-bond acceptors (Lipinski definition) is 2. The molecule has 0 aliphatic heterocycles. The van der Waals surface area contributed by atoms with Crippen LogP contribution in [0.25, 0.3) is 27.6 Å². The van der Waals surface area contributed by atoms with Crippen molar-refractivity contribution in [3.8, 4) is 0 Å². The smallest absolute Gasteiger partial charge is 0.148 e. The van der Waals surface area contributed by atoms with Gasteiger partial charge in [-0.3, -0.25) is 4.40 Å². The summed E-state index contributed by atoms with van der Waals surface area (Å²) in [6.45, 7) is 11.2. The van der Waals surface area contributed by atoms with Crippen molar-refractivity contribution in [1.82, 2.24) is 14.4 Å². The fourth-order valence-electron chi connectivity index (χ4n) is 6.37. The SMILES string of the molecule is [B]c1c([B])c([B])c2c(nc(C(C)(C)C)n3c4cc5c(cc4nc23)C2(C)CCC5(C)C2)c1[B]. The summed E-state index contributed by atoms with van der Waals surface area (Å²) < 4.78 is 2.15. The van der Waals surface area contributed by atoms with Gasteiger partial charge in [-0.15, -0.1) is 10.9 Å². The summed E-state index contributed by atoms with van der Waals surface area (Å²) in [7, 11) is 25.2. The van der Waals surface area contributed by atoms with Gasteiger partial charge in [0, 0.05) is 10.8 Å². The number of fused-ring (bicyclic) bond motifs is 10. The Morgan fingerprint density at radius 1 is 0.844 bits per heavy atom. The van der Waals surface area contributed by atoms with Gasteiger partial charge in [-0.25, -0.2) is 9.97 Å². The first-order valence-electron chi connectivity index (χ1n) is 11.3. The van der Waals surface area contributed by atoms with E-state index in [0.29, 0.717) is 21.8 Å². The minimum atomic E-state index is -0.259. The van der Waals surface area contributed by atoms with Gasteiger partial charge >= 0.3 is 0 Å². The van der Waals surface area contributed by atoms with Crippen LogP contribution in [0.3, 0.4) is 0 Å². The largest absolute Gasteiger partial charge is 0.279 e. The normalized spacial score (nSPS) is 24.8. The third-order valence-corrected chi connectivity index (χ3v) is 8.06. The molecule has 2 aromatic carbocycles. The molecule has 4 aromatic rings. The first-order valence-corrected chi connectivity index (χ1v) is 11.3. The molecule has 150 valence electrons. The first-order chi connectivity index (χ1) is 14.9. The molecule has 2 bridgehead atoms. The van der Waals surface area contributed by atoms with Crippen molar-refractivity contribution < 1.29 is 0 Å². The van der Waals surface area contributed by atoms with Gasteiger partial charge in [0.2, 0.25) is 0 Å². The molecule has 1 fully saturated rings. The van der Waals surface area contributed by atoms with Crippen molar-refractivity contribution in [3.63, 3.8) is 0 Å². The molecule has 1 saturated carbocycles. The maximum Gasteiger partial charge on any atom is 0.148 e. The Bertz CT molecular complexity index is 1510. The summed E-state index contributed by atoms with van der Waals surface area (Å²) in [5.41, 5.74) is 7.68. The molecule has 0 spiro atoms. The van der Waals surface area contributed by atoms with Gasteiger partial charge in [-0.2, -0.15) is 0 Å². The Balaban J connectivity index is 1.85. The van der Waals surface area contributed by atoms with Crippen molar-refractivity contribution in [1.29, 1.82) is 0 Å². The summed E-state index contributed by atoms with van der Waals surface area (Å²) in [6.07, 6.45) is 3.66. The summed E-state index contributed by atoms with van der Waals surface area (Å²) in [4.78, 5) is 10.1. The van der Waals surface area contributed by atoms with Crippen molar-refractivity contribution >= 4 is 80.8 Å². The Labute approximate surface area is 194 Å². The Morgan fingerprint density at radius 3 is 2.06 bits per heavy atom. The van der Waals surface area contributed by atoms with Gasteiger partial charge in [0.15, 0.2) is 0 Å². The standard InChI is InChI=1S/C25H23B4N3/c1-23(2,3)22-31-20-15(16(26)17(27)18(28)19(20)29)21-30-13-8-11-12(9-14(13)32(21)22)25(5)7-6-24(11,4)10-25/h8-9H,6-7,10H2,1-5H3. The van der Waals surface area contributed by atoms with E-state index in [4.69, 9.17) is 41.4 Å². The molecule has 2 atom stereocenters. The molecule has 2 heterocycles. The lowest BCUT2D eigenvalue weighted by Gasteiger charge is -2.27. The van der Waals surface area contributed by atoms with E-state index in [1.54, 1.807) is 0 Å². The van der Waals surface area contributed by atoms with E-state index in [9.17, 15) is 0 Å². The molecule has 2 aliphatic carbocycles. The van der Waals surface area contributed by atoms with Gasteiger partial charge in [0.05, 0.1) is 16.6 Å². The van der Waals surface area contributed by atoms with Crippen LogP contribution >= 0.6 is 0 Å². The fraction of sp³-hybridized carbons (Fsp3) is 0.440. The van der Waals surface area contributed by atoms with E-state index in [1.165, 1.54) is 30.4 Å². The first kappa shape index (κ1) is 20.4. The minimum Gasteiger partial charge on any atom is -0.279 e. The van der Waals surface area contributed by atoms with Crippen LogP contribution < -0.4 is 21.9 Å². The lowest BCUT2D eigenvalue weighted by atomic mass is 9.65. The highest BCUT2D eigenvalue weighted by molar-refractivity contribution is 6.66. The van der Waals surface area contributed by atoms with Crippen LogP contribution in [-0.4, -0.2) is 45.8 Å². The summed E-state index contributed by atoms with van der Waals surface area (Å²) in [6, 6.07) is 4.64. The number of benzene rings is 2. The molecular formula is C25H23B4N3. The molecule has 3 nitrogen and oxygen atoms in total. The quantitative estimate of drug-likeness (QED) is 0.410. The van der Waals surface area contributed by atoms with Crippen LogP contribution in [-0.2, 0) is 16.2 Å². The lowest BCUT2D eigenvalue weighted by Crippen LogP contribution is -2.48. The average molecular weight is 409 g/mol. The molecule has 6 rings (SSSR count). The predicted molar refractivity (Wildman–Crippen MR) is 137 cm³/mol. The Kier molecular flexibility index (Phi) is 3.73. The number of aromatic nitrogens is 3. The van der Waals surface area contributed by atoms with Crippen LogP contribution in [0, 0.1) is 0 Å². The van der Waals surface area contributed by atoms with Crippen LogP contribution in [0.4, 0.5) is 0 Å². The molecule has 0 N–H and O–H groups in total. The number of hydrogen-bond donors (Lipinski definition) is 0. The zero-order valence-electron chi connectivity index (χ0n) is 19.4. The molecule has 0 saturated heterocycles. The van der Waals surface area contributed by atoms with Crippen molar-refractivity contribution in [2.45, 2.75) is 70.1 Å². The highest BCUT2D eigenvalue weighted by Gasteiger charge is 2.53. The zero-order valence-corrected chi connectivity index (χ0v) is 19.4. The van der Waals surface area contributed by atoms with Gasteiger partial charge in [-0.05, 0) is 53.4 Å². The maximum absolute atomic E-state index is 6.47. The van der Waals surface area contributed by atoms with E-state index in [-0.39, 0.29) is 27.2 Å². The second-order valence-electron chi connectivity index (χ2n) is 11.5. The number of imidazole rings is 1. The highest BCUT2D eigenvalue weighted by Crippen LogP contribution is 2.60. The average Bonchev–Trinajstić information content (AvgIpc) is 3.32. The maximum atomic E-state index is 6.47. The molecule has 2 unspecified atom stereocenters. The van der Waals surface area contributed by atoms with Crippen molar-refractivity contribution in [2.24, 2.45) is 0 Å². The molecule has 8 radical (unpaired) electrons. The van der Waals surface area contributed by atoms with Crippen molar-refractivity contribution in [2.75, 3.05) is 0 Å². The Morgan fingerprint density at radius 2 is 1.44 bits per heavy atom. The minimum absolute atomic E-state index is 0.219. The molecule has 32 heavy (non-hydrogen) atoms. The Hall–Kier alpha value is -2.16. The second kappa shape index (κ2) is 5.85. The van der Waals surface area contributed by atoms with E-state index in [2.05, 4.69) is 51.2 Å². The second-order valence-corrected chi connectivity index (χ2v) is 11.5. The lowest BCUT2D eigenvalue weighted by molar-refractivity contribution is 0.484. The van der Waals surface area contributed by atoms with E-state index in [1.807, 2.05) is 0 Å². The predicted octanol–water partition coefficient (Wildman–Crippen LogP) is 1.22. The summed E-state index contributed by atoms with van der Waals surface area (Å²) >= 11 is 0. The monoisotopic (exact) mass is 409 g/mol. The summed E-state index contributed by atoms with van der Waals surface area (Å²) in [5.74, 6) is 0.872. The molecular weight excluding hydrogens is 386 g/mol.